The van der Waals surface area contributed by atoms with Gasteiger partial charge in [0.15, 0.2) is 0 Å². The minimum atomic E-state index is 0.605. The normalized spacial score (nSPS) is 10.5. The molecule has 0 amide bonds. The van der Waals surface area contributed by atoms with Crippen molar-refractivity contribution < 1.29 is 0 Å². The summed E-state index contributed by atoms with van der Waals surface area (Å²) in [6, 6.07) is 12.0. The summed E-state index contributed by atoms with van der Waals surface area (Å²) in [5, 5.41) is 11.8. The minimum Gasteiger partial charge on any atom is -0.245 e. The number of rotatable bonds is 2. The maximum atomic E-state index is 9.35. The summed E-state index contributed by atoms with van der Waals surface area (Å²) < 4.78 is 0. The molecule has 0 aliphatic carbocycles. The summed E-state index contributed by atoms with van der Waals surface area (Å²) in [5.41, 5.74) is 3.32. The Bertz CT molecular complexity index is 863. The molecule has 0 saturated heterocycles. The number of para-hydroxylation sites is 1. The largest absolute Gasteiger partial charge is 0.245 e. The summed E-state index contributed by atoms with van der Waals surface area (Å²) in [7, 11) is 0. The summed E-state index contributed by atoms with van der Waals surface area (Å²) in [6.45, 7) is 3.85. The van der Waals surface area contributed by atoms with Gasteiger partial charge in [-0.25, -0.2) is 15.0 Å². The third-order valence-electron chi connectivity index (χ3n) is 3.12. The first-order valence-electron chi connectivity index (χ1n) is 6.45. The maximum absolute atomic E-state index is 9.35. The number of hydrogen-bond acceptors (Lipinski definition) is 5. The molecule has 0 unspecified atom stereocenters. The van der Waals surface area contributed by atoms with E-state index in [0.29, 0.717) is 10.6 Å². The van der Waals surface area contributed by atoms with Gasteiger partial charge >= 0.3 is 0 Å². The second kappa shape index (κ2) is 5.51. The number of pyridine rings is 1. The van der Waals surface area contributed by atoms with Gasteiger partial charge in [-0.1, -0.05) is 18.2 Å². The summed E-state index contributed by atoms with van der Waals surface area (Å²) in [4.78, 5) is 13.1. The van der Waals surface area contributed by atoms with E-state index in [1.54, 1.807) is 6.33 Å². The maximum Gasteiger partial charge on any atom is 0.121 e. The molecule has 0 spiro atoms. The SMILES string of the molecule is Cc1cc(C)c(C#N)c(Sc2ncnc3ccccc23)n1. The zero-order valence-electron chi connectivity index (χ0n) is 11.7. The molecular weight excluding hydrogens is 280 g/mol. The molecule has 3 aromatic rings. The van der Waals surface area contributed by atoms with Crippen LogP contribution in [0.25, 0.3) is 10.9 Å². The van der Waals surface area contributed by atoms with Crippen LogP contribution in [0.5, 0.6) is 0 Å². The van der Waals surface area contributed by atoms with E-state index in [0.717, 1.165) is 27.2 Å². The Hall–Kier alpha value is -2.45. The monoisotopic (exact) mass is 292 g/mol. The van der Waals surface area contributed by atoms with Crippen LogP contribution < -0.4 is 0 Å². The summed E-state index contributed by atoms with van der Waals surface area (Å²) >= 11 is 1.41. The number of nitrogens with zero attached hydrogens (tertiary/aromatic N) is 4. The van der Waals surface area contributed by atoms with Crippen LogP contribution in [0.4, 0.5) is 0 Å². The van der Waals surface area contributed by atoms with E-state index < -0.39 is 0 Å². The summed E-state index contributed by atoms with van der Waals surface area (Å²) in [6.07, 6.45) is 1.54. The molecule has 0 fully saturated rings. The summed E-state index contributed by atoms with van der Waals surface area (Å²) in [5.74, 6) is 0. The number of benzene rings is 1. The highest BCUT2D eigenvalue weighted by atomic mass is 32.2. The van der Waals surface area contributed by atoms with Crippen LogP contribution in [-0.2, 0) is 0 Å². The van der Waals surface area contributed by atoms with E-state index >= 15 is 0 Å². The average Bonchev–Trinajstić information content (AvgIpc) is 2.47. The van der Waals surface area contributed by atoms with E-state index in [2.05, 4.69) is 21.0 Å². The van der Waals surface area contributed by atoms with Crippen LogP contribution in [0.2, 0.25) is 0 Å². The minimum absolute atomic E-state index is 0.605. The van der Waals surface area contributed by atoms with Gasteiger partial charge in [0, 0.05) is 11.1 Å². The Labute approximate surface area is 126 Å². The van der Waals surface area contributed by atoms with Crippen molar-refractivity contribution in [3.8, 4) is 6.07 Å². The predicted molar refractivity (Wildman–Crippen MR) is 82.1 cm³/mol. The third-order valence-corrected chi connectivity index (χ3v) is 4.13. The molecule has 2 heterocycles. The molecule has 0 atom stereocenters. The van der Waals surface area contributed by atoms with Crippen molar-refractivity contribution in [2.24, 2.45) is 0 Å². The molecule has 0 aliphatic heterocycles. The lowest BCUT2D eigenvalue weighted by Gasteiger charge is -2.08. The topological polar surface area (TPSA) is 62.5 Å². The first-order valence-corrected chi connectivity index (χ1v) is 7.26. The van der Waals surface area contributed by atoms with Crippen LogP contribution in [0.1, 0.15) is 16.8 Å². The fraction of sp³-hybridized carbons (Fsp3) is 0.125. The Kier molecular flexibility index (Phi) is 3.55. The van der Waals surface area contributed by atoms with Gasteiger partial charge in [-0.2, -0.15) is 5.26 Å². The highest BCUT2D eigenvalue weighted by Gasteiger charge is 2.13. The van der Waals surface area contributed by atoms with Crippen molar-refractivity contribution in [3.63, 3.8) is 0 Å². The van der Waals surface area contributed by atoms with Crippen molar-refractivity contribution in [1.82, 2.24) is 15.0 Å². The fourth-order valence-electron chi connectivity index (χ4n) is 2.17. The zero-order chi connectivity index (χ0) is 14.8. The van der Waals surface area contributed by atoms with Crippen molar-refractivity contribution in [2.45, 2.75) is 23.9 Å². The standard InChI is InChI=1S/C16H12N4S/c1-10-7-11(2)20-16(13(10)8-17)21-15-12-5-3-4-6-14(12)18-9-19-15/h3-7,9H,1-2H3. The molecule has 0 saturated carbocycles. The Morgan fingerprint density at radius 3 is 2.71 bits per heavy atom. The fourth-order valence-corrected chi connectivity index (χ4v) is 3.23. The smallest absolute Gasteiger partial charge is 0.121 e. The van der Waals surface area contributed by atoms with Crippen molar-refractivity contribution in [3.05, 3.63) is 53.5 Å². The molecular formula is C16H12N4S. The van der Waals surface area contributed by atoms with E-state index in [1.807, 2.05) is 44.2 Å². The average molecular weight is 292 g/mol. The molecule has 21 heavy (non-hydrogen) atoms. The number of aromatic nitrogens is 3. The molecule has 0 radical (unpaired) electrons. The second-order valence-corrected chi connectivity index (χ2v) is 5.65. The van der Waals surface area contributed by atoms with Gasteiger partial charge in [0.25, 0.3) is 0 Å². The number of hydrogen-bond donors (Lipinski definition) is 0. The lowest BCUT2D eigenvalue weighted by atomic mass is 10.1. The van der Waals surface area contributed by atoms with Gasteiger partial charge < -0.3 is 0 Å². The van der Waals surface area contributed by atoms with Crippen molar-refractivity contribution >= 4 is 22.7 Å². The Morgan fingerprint density at radius 2 is 1.90 bits per heavy atom. The van der Waals surface area contributed by atoms with Crippen molar-refractivity contribution in [1.29, 1.82) is 5.26 Å². The Balaban J connectivity index is 2.14. The van der Waals surface area contributed by atoms with Crippen LogP contribution in [-0.4, -0.2) is 15.0 Å². The second-order valence-electron chi connectivity index (χ2n) is 4.67. The van der Waals surface area contributed by atoms with E-state index in [-0.39, 0.29) is 0 Å². The van der Waals surface area contributed by atoms with E-state index in [1.165, 1.54) is 11.8 Å². The molecule has 0 N–H and O–H groups in total. The lowest BCUT2D eigenvalue weighted by Crippen LogP contribution is -1.95. The van der Waals surface area contributed by atoms with Gasteiger partial charge in [-0.05, 0) is 43.3 Å². The van der Waals surface area contributed by atoms with Crippen LogP contribution >= 0.6 is 11.8 Å². The molecule has 5 heteroatoms. The number of fused-ring (bicyclic) bond motifs is 1. The van der Waals surface area contributed by atoms with E-state index in [9.17, 15) is 5.26 Å². The Morgan fingerprint density at radius 1 is 1.10 bits per heavy atom. The molecule has 2 aromatic heterocycles. The van der Waals surface area contributed by atoms with Gasteiger partial charge in [0.2, 0.25) is 0 Å². The number of aryl methyl sites for hydroxylation is 2. The third kappa shape index (κ3) is 2.58. The van der Waals surface area contributed by atoms with Crippen LogP contribution in [0.3, 0.4) is 0 Å². The van der Waals surface area contributed by atoms with E-state index in [4.69, 9.17) is 0 Å². The molecule has 1 aromatic carbocycles. The molecule has 0 aliphatic rings. The molecule has 3 rings (SSSR count). The van der Waals surface area contributed by atoms with Gasteiger partial charge in [-0.3, -0.25) is 0 Å². The molecule has 4 nitrogen and oxygen atoms in total. The molecule has 102 valence electrons. The lowest BCUT2D eigenvalue weighted by molar-refractivity contribution is 1.02. The van der Waals surface area contributed by atoms with Crippen LogP contribution in [0, 0.1) is 25.2 Å². The first kappa shape index (κ1) is 13.5. The number of nitriles is 1. The highest BCUT2D eigenvalue weighted by molar-refractivity contribution is 7.99. The van der Waals surface area contributed by atoms with Gasteiger partial charge in [-0.15, -0.1) is 0 Å². The first-order chi connectivity index (χ1) is 10.2. The highest BCUT2D eigenvalue weighted by Crippen LogP contribution is 2.32. The zero-order valence-corrected chi connectivity index (χ0v) is 12.5. The van der Waals surface area contributed by atoms with Crippen LogP contribution in [0.15, 0.2) is 46.7 Å². The quantitative estimate of drug-likeness (QED) is 0.674. The molecule has 0 bridgehead atoms. The van der Waals surface area contributed by atoms with Crippen molar-refractivity contribution in [2.75, 3.05) is 0 Å². The van der Waals surface area contributed by atoms with Gasteiger partial charge in [0.1, 0.15) is 22.4 Å². The predicted octanol–water partition coefficient (Wildman–Crippen LogP) is 3.66. The van der Waals surface area contributed by atoms with Gasteiger partial charge in [0.05, 0.1) is 11.1 Å².